The molecular formula is C17H28F3NO4. The zero-order chi connectivity index (χ0) is 20.0. The average molecular weight is 367 g/mol. The van der Waals surface area contributed by atoms with Crippen LogP contribution in [0, 0.1) is 11.8 Å². The van der Waals surface area contributed by atoms with Crippen LogP contribution in [0.2, 0.25) is 0 Å². The van der Waals surface area contributed by atoms with E-state index in [0.29, 0.717) is 0 Å². The van der Waals surface area contributed by atoms with Crippen molar-refractivity contribution in [2.75, 3.05) is 6.61 Å². The average Bonchev–Trinajstić information content (AvgIpc) is 2.34. The van der Waals surface area contributed by atoms with Gasteiger partial charge in [-0.2, -0.15) is 13.2 Å². The van der Waals surface area contributed by atoms with Crippen molar-refractivity contribution in [3.63, 3.8) is 0 Å². The van der Waals surface area contributed by atoms with Crippen LogP contribution in [0.15, 0.2) is 11.6 Å². The van der Waals surface area contributed by atoms with Crippen LogP contribution in [-0.2, 0) is 14.3 Å². The predicted octanol–water partition coefficient (Wildman–Crippen LogP) is 4.22. The van der Waals surface area contributed by atoms with Gasteiger partial charge in [0.25, 0.3) is 0 Å². The Morgan fingerprint density at radius 1 is 1.12 bits per heavy atom. The maximum atomic E-state index is 13.4. The molecule has 0 saturated heterocycles. The molecule has 0 aliphatic carbocycles. The SMILES string of the molecule is CCOC(=O)[C@H](/C=C(/[C@H](C)NC(=O)OC(C)(C)C)C(F)(F)F)C(C)C. The fourth-order valence-electron chi connectivity index (χ4n) is 2.01. The first kappa shape index (κ1) is 23.3. The van der Waals surface area contributed by atoms with Crippen molar-refractivity contribution in [2.45, 2.75) is 66.3 Å². The van der Waals surface area contributed by atoms with Crippen molar-refractivity contribution in [2.24, 2.45) is 11.8 Å². The molecule has 0 radical (unpaired) electrons. The van der Waals surface area contributed by atoms with Gasteiger partial charge in [-0.3, -0.25) is 4.79 Å². The lowest BCUT2D eigenvalue weighted by Gasteiger charge is -2.25. The summed E-state index contributed by atoms with van der Waals surface area (Å²) in [4.78, 5) is 23.7. The normalized spacial score (nSPS) is 15.6. The minimum atomic E-state index is -4.71. The van der Waals surface area contributed by atoms with Crippen LogP contribution in [0.4, 0.5) is 18.0 Å². The van der Waals surface area contributed by atoms with Crippen molar-refractivity contribution in [1.82, 2.24) is 5.32 Å². The molecule has 0 aliphatic heterocycles. The minimum Gasteiger partial charge on any atom is -0.466 e. The molecule has 0 bridgehead atoms. The smallest absolute Gasteiger partial charge is 0.414 e. The number of carbonyl (C=O) groups is 2. The highest BCUT2D eigenvalue weighted by Gasteiger charge is 2.39. The van der Waals surface area contributed by atoms with Gasteiger partial charge < -0.3 is 14.8 Å². The highest BCUT2D eigenvalue weighted by molar-refractivity contribution is 5.75. The van der Waals surface area contributed by atoms with E-state index in [1.807, 2.05) is 0 Å². The first-order valence-corrected chi connectivity index (χ1v) is 8.14. The molecular weight excluding hydrogens is 339 g/mol. The third-order valence-corrected chi connectivity index (χ3v) is 3.16. The fourth-order valence-corrected chi connectivity index (χ4v) is 2.01. The molecule has 8 heteroatoms. The topological polar surface area (TPSA) is 64.6 Å². The minimum absolute atomic E-state index is 0.0724. The van der Waals surface area contributed by atoms with E-state index >= 15 is 0 Å². The number of rotatable bonds is 6. The van der Waals surface area contributed by atoms with E-state index < -0.39 is 47.3 Å². The summed E-state index contributed by atoms with van der Waals surface area (Å²) < 4.78 is 50.1. The fraction of sp³-hybridized carbons (Fsp3) is 0.765. The summed E-state index contributed by atoms with van der Waals surface area (Å²) in [5.74, 6) is -2.20. The Balaban J connectivity index is 5.54. The van der Waals surface area contributed by atoms with Crippen molar-refractivity contribution in [1.29, 1.82) is 0 Å². The third-order valence-electron chi connectivity index (χ3n) is 3.16. The van der Waals surface area contributed by atoms with E-state index in [2.05, 4.69) is 5.32 Å². The predicted molar refractivity (Wildman–Crippen MR) is 87.9 cm³/mol. The molecule has 146 valence electrons. The molecule has 0 spiro atoms. The van der Waals surface area contributed by atoms with Gasteiger partial charge in [0, 0.05) is 0 Å². The van der Waals surface area contributed by atoms with Gasteiger partial charge in [0.05, 0.1) is 24.1 Å². The van der Waals surface area contributed by atoms with Crippen LogP contribution in [0.3, 0.4) is 0 Å². The summed E-state index contributed by atoms with van der Waals surface area (Å²) in [6.07, 6.45) is -4.86. The van der Waals surface area contributed by atoms with E-state index in [0.717, 1.165) is 6.08 Å². The molecule has 0 aliphatic rings. The summed E-state index contributed by atoms with van der Waals surface area (Å²) in [6.45, 7) is 10.9. The zero-order valence-corrected chi connectivity index (χ0v) is 15.8. The molecule has 0 aromatic carbocycles. The van der Waals surface area contributed by atoms with E-state index in [1.54, 1.807) is 41.5 Å². The standard InChI is InChI=1S/C17H28F3NO4/c1-8-24-14(22)12(10(2)3)9-13(17(18,19)20)11(4)21-15(23)25-16(5,6)7/h9-12H,8H2,1-7H3,(H,21,23)/b13-9-/t11-,12+/m0/s1. The highest BCUT2D eigenvalue weighted by Crippen LogP contribution is 2.31. The van der Waals surface area contributed by atoms with Crippen molar-refractivity contribution >= 4 is 12.1 Å². The number of alkyl halides is 3. The summed E-state index contributed by atoms with van der Waals surface area (Å²) >= 11 is 0. The van der Waals surface area contributed by atoms with Crippen molar-refractivity contribution in [3.05, 3.63) is 11.6 Å². The monoisotopic (exact) mass is 367 g/mol. The van der Waals surface area contributed by atoms with Gasteiger partial charge in [-0.25, -0.2) is 4.79 Å². The lowest BCUT2D eigenvalue weighted by atomic mass is 9.91. The van der Waals surface area contributed by atoms with E-state index in [9.17, 15) is 22.8 Å². The second-order valence-corrected chi connectivity index (χ2v) is 7.01. The number of halogens is 3. The van der Waals surface area contributed by atoms with Gasteiger partial charge in [0.2, 0.25) is 0 Å². The number of hydrogen-bond donors (Lipinski definition) is 1. The first-order valence-electron chi connectivity index (χ1n) is 8.14. The maximum Gasteiger partial charge on any atom is 0.414 e. The van der Waals surface area contributed by atoms with E-state index in [4.69, 9.17) is 9.47 Å². The molecule has 25 heavy (non-hydrogen) atoms. The first-order chi connectivity index (χ1) is 11.2. The summed E-state index contributed by atoms with van der Waals surface area (Å²) in [6, 6.07) is -1.38. The van der Waals surface area contributed by atoms with Crippen LogP contribution in [-0.4, -0.2) is 36.5 Å². The maximum absolute atomic E-state index is 13.4. The molecule has 0 rings (SSSR count). The molecule has 0 heterocycles. The highest BCUT2D eigenvalue weighted by atomic mass is 19.4. The van der Waals surface area contributed by atoms with Crippen LogP contribution >= 0.6 is 0 Å². The number of alkyl carbamates (subject to hydrolysis) is 1. The Morgan fingerprint density at radius 3 is 2.00 bits per heavy atom. The number of amides is 1. The Bertz CT molecular complexity index is 493. The molecule has 0 saturated carbocycles. The third kappa shape index (κ3) is 8.79. The largest absolute Gasteiger partial charge is 0.466 e. The molecule has 0 unspecified atom stereocenters. The van der Waals surface area contributed by atoms with Gasteiger partial charge in [0.1, 0.15) is 5.60 Å². The summed E-state index contributed by atoms with van der Waals surface area (Å²) in [7, 11) is 0. The molecule has 5 nitrogen and oxygen atoms in total. The Labute approximate surface area is 146 Å². The number of ether oxygens (including phenoxy) is 2. The van der Waals surface area contributed by atoms with Gasteiger partial charge >= 0.3 is 18.2 Å². The van der Waals surface area contributed by atoms with Gasteiger partial charge in [-0.1, -0.05) is 19.9 Å². The van der Waals surface area contributed by atoms with Crippen LogP contribution < -0.4 is 5.32 Å². The number of nitrogens with one attached hydrogen (secondary N) is 1. The second kappa shape index (κ2) is 9.10. The Kier molecular flexibility index (Phi) is 8.47. The number of esters is 1. The van der Waals surface area contributed by atoms with Gasteiger partial charge in [0.15, 0.2) is 0 Å². The van der Waals surface area contributed by atoms with Crippen LogP contribution in [0.5, 0.6) is 0 Å². The lowest BCUT2D eigenvalue weighted by Crippen LogP contribution is -2.42. The molecule has 0 aromatic rings. The molecule has 2 atom stereocenters. The Morgan fingerprint density at radius 2 is 1.64 bits per heavy atom. The van der Waals surface area contributed by atoms with Crippen molar-refractivity contribution < 1.29 is 32.2 Å². The second-order valence-electron chi connectivity index (χ2n) is 7.01. The van der Waals surface area contributed by atoms with Crippen LogP contribution in [0.1, 0.15) is 48.5 Å². The lowest BCUT2D eigenvalue weighted by molar-refractivity contribution is -0.147. The summed E-state index contributed by atoms with van der Waals surface area (Å²) in [5, 5.41) is 2.16. The van der Waals surface area contributed by atoms with E-state index in [1.165, 1.54) is 6.92 Å². The molecule has 0 fully saturated rings. The molecule has 1 N–H and O–H groups in total. The molecule has 1 amide bonds. The van der Waals surface area contributed by atoms with Crippen LogP contribution in [0.25, 0.3) is 0 Å². The number of carbonyl (C=O) groups excluding carboxylic acids is 2. The van der Waals surface area contributed by atoms with Crippen molar-refractivity contribution in [3.8, 4) is 0 Å². The molecule has 0 aromatic heterocycles. The van der Waals surface area contributed by atoms with Gasteiger partial charge in [-0.15, -0.1) is 0 Å². The van der Waals surface area contributed by atoms with E-state index in [-0.39, 0.29) is 6.61 Å². The summed E-state index contributed by atoms with van der Waals surface area (Å²) in [5.41, 5.74) is -1.86. The quantitative estimate of drug-likeness (QED) is 0.564. The zero-order valence-electron chi connectivity index (χ0n) is 15.8. The van der Waals surface area contributed by atoms with Gasteiger partial charge in [-0.05, 0) is 40.5 Å². The Hall–Kier alpha value is -1.73. The number of hydrogen-bond acceptors (Lipinski definition) is 4.